The molecule has 5 heteroatoms. The lowest BCUT2D eigenvalue weighted by atomic mass is 9.86. The second-order valence-corrected chi connectivity index (χ2v) is 9.12. The minimum Gasteiger partial charge on any atom is -0.480 e. The summed E-state index contributed by atoms with van der Waals surface area (Å²) < 4.78 is 0. The highest BCUT2D eigenvalue weighted by Crippen LogP contribution is 2.18. The van der Waals surface area contributed by atoms with E-state index in [-0.39, 0.29) is 18.6 Å². The summed E-state index contributed by atoms with van der Waals surface area (Å²) in [5.74, 6) is -0.709. The SMILES string of the molecule is CC(C)CCCCCCCCCCCCCCC(=O)[C@](N)(CCCCN)C(=O)O. The van der Waals surface area contributed by atoms with Crippen molar-refractivity contribution in [3.8, 4) is 0 Å². The Morgan fingerprint density at radius 3 is 1.62 bits per heavy atom. The number of carboxylic acids is 1. The van der Waals surface area contributed by atoms with Crippen LogP contribution < -0.4 is 11.5 Å². The van der Waals surface area contributed by atoms with E-state index in [2.05, 4.69) is 13.8 Å². The molecular weight excluding hydrogens is 364 g/mol. The van der Waals surface area contributed by atoms with E-state index in [0.717, 1.165) is 25.2 Å². The van der Waals surface area contributed by atoms with Crippen LogP contribution in [0, 0.1) is 5.92 Å². The number of Topliss-reactive ketones (excluding diaryl/α,β-unsaturated/α-hetero) is 1. The van der Waals surface area contributed by atoms with Gasteiger partial charge in [-0.3, -0.25) is 4.79 Å². The summed E-state index contributed by atoms with van der Waals surface area (Å²) in [5, 5.41) is 9.35. The smallest absolute Gasteiger partial charge is 0.331 e. The number of hydrogen-bond acceptors (Lipinski definition) is 4. The lowest BCUT2D eigenvalue weighted by Crippen LogP contribution is -2.54. The number of rotatable bonds is 21. The molecule has 0 saturated carbocycles. The Morgan fingerprint density at radius 1 is 0.759 bits per heavy atom. The molecule has 0 aliphatic carbocycles. The van der Waals surface area contributed by atoms with Gasteiger partial charge in [0.05, 0.1) is 0 Å². The van der Waals surface area contributed by atoms with Crippen LogP contribution in [0.1, 0.15) is 123 Å². The third-order valence-electron chi connectivity index (χ3n) is 5.84. The van der Waals surface area contributed by atoms with E-state index < -0.39 is 11.5 Å². The molecule has 0 aromatic carbocycles. The van der Waals surface area contributed by atoms with Gasteiger partial charge in [-0.05, 0) is 38.1 Å². The molecule has 0 spiro atoms. The van der Waals surface area contributed by atoms with Crippen molar-refractivity contribution in [3.05, 3.63) is 0 Å². The van der Waals surface area contributed by atoms with Crippen LogP contribution in [-0.2, 0) is 9.59 Å². The fourth-order valence-corrected chi connectivity index (χ4v) is 3.74. The second-order valence-electron chi connectivity index (χ2n) is 9.12. The van der Waals surface area contributed by atoms with E-state index in [1.807, 2.05) is 0 Å². The van der Waals surface area contributed by atoms with Crippen molar-refractivity contribution in [2.24, 2.45) is 17.4 Å². The van der Waals surface area contributed by atoms with Gasteiger partial charge in [0.1, 0.15) is 0 Å². The Hall–Kier alpha value is -0.940. The molecule has 0 radical (unpaired) electrons. The van der Waals surface area contributed by atoms with Crippen molar-refractivity contribution in [2.45, 2.75) is 129 Å². The fraction of sp³-hybridized carbons (Fsp3) is 0.917. The monoisotopic (exact) mass is 412 g/mol. The first-order valence-corrected chi connectivity index (χ1v) is 12.1. The molecule has 172 valence electrons. The maximum absolute atomic E-state index is 12.3. The Labute approximate surface area is 179 Å². The van der Waals surface area contributed by atoms with Crippen LogP contribution in [0.5, 0.6) is 0 Å². The molecule has 0 saturated heterocycles. The zero-order valence-electron chi connectivity index (χ0n) is 19.2. The van der Waals surface area contributed by atoms with Crippen LogP contribution in [-0.4, -0.2) is 28.9 Å². The molecule has 0 aromatic rings. The van der Waals surface area contributed by atoms with Gasteiger partial charge in [-0.2, -0.15) is 0 Å². The molecule has 0 aliphatic rings. The summed E-state index contributed by atoms with van der Waals surface area (Å²) in [7, 11) is 0. The van der Waals surface area contributed by atoms with Gasteiger partial charge < -0.3 is 16.6 Å². The zero-order valence-corrected chi connectivity index (χ0v) is 19.2. The number of carbonyl (C=O) groups excluding carboxylic acids is 1. The molecular formula is C24H48N2O3. The lowest BCUT2D eigenvalue weighted by Gasteiger charge is -2.23. The molecule has 0 heterocycles. The van der Waals surface area contributed by atoms with Crippen molar-refractivity contribution in [1.29, 1.82) is 0 Å². The number of nitrogens with two attached hydrogens (primary N) is 2. The summed E-state index contributed by atoms with van der Waals surface area (Å²) in [6, 6.07) is 0. The van der Waals surface area contributed by atoms with Crippen LogP contribution in [0.3, 0.4) is 0 Å². The van der Waals surface area contributed by atoms with E-state index in [1.54, 1.807) is 0 Å². The highest BCUT2D eigenvalue weighted by Gasteiger charge is 2.40. The van der Waals surface area contributed by atoms with Gasteiger partial charge in [0.15, 0.2) is 11.3 Å². The van der Waals surface area contributed by atoms with Gasteiger partial charge in [0.25, 0.3) is 0 Å². The van der Waals surface area contributed by atoms with Gasteiger partial charge in [-0.25, -0.2) is 4.79 Å². The summed E-state index contributed by atoms with van der Waals surface area (Å²) in [6.07, 6.45) is 17.9. The number of aliphatic carboxylic acids is 1. The van der Waals surface area contributed by atoms with Crippen LogP contribution in [0.2, 0.25) is 0 Å². The Bertz CT molecular complexity index is 426. The molecule has 0 fully saturated rings. The molecule has 0 aliphatic heterocycles. The normalized spacial score (nSPS) is 13.6. The molecule has 0 bridgehead atoms. The number of ketones is 1. The number of carbonyl (C=O) groups is 2. The van der Waals surface area contributed by atoms with Crippen LogP contribution >= 0.6 is 0 Å². The van der Waals surface area contributed by atoms with Crippen LogP contribution in [0.15, 0.2) is 0 Å². The molecule has 0 unspecified atom stereocenters. The molecule has 0 aromatic heterocycles. The first-order valence-electron chi connectivity index (χ1n) is 12.1. The molecule has 5 N–H and O–H groups in total. The zero-order chi connectivity index (χ0) is 22.0. The summed E-state index contributed by atoms with van der Waals surface area (Å²) in [6.45, 7) is 5.08. The number of unbranched alkanes of at least 4 members (excludes halogenated alkanes) is 12. The topological polar surface area (TPSA) is 106 Å². The van der Waals surface area contributed by atoms with Gasteiger partial charge >= 0.3 is 5.97 Å². The third kappa shape index (κ3) is 14.6. The van der Waals surface area contributed by atoms with Gasteiger partial charge in [0, 0.05) is 6.42 Å². The third-order valence-corrected chi connectivity index (χ3v) is 5.84. The predicted molar refractivity (Wildman–Crippen MR) is 122 cm³/mol. The largest absolute Gasteiger partial charge is 0.480 e. The van der Waals surface area contributed by atoms with Crippen molar-refractivity contribution in [2.75, 3.05) is 6.54 Å². The maximum Gasteiger partial charge on any atom is 0.331 e. The van der Waals surface area contributed by atoms with E-state index in [0.29, 0.717) is 19.4 Å². The van der Waals surface area contributed by atoms with Crippen LogP contribution in [0.4, 0.5) is 0 Å². The Balaban J connectivity index is 3.61. The molecule has 0 rings (SSSR count). The summed E-state index contributed by atoms with van der Waals surface area (Å²) >= 11 is 0. The lowest BCUT2D eigenvalue weighted by molar-refractivity contribution is -0.148. The first-order chi connectivity index (χ1) is 13.8. The highest BCUT2D eigenvalue weighted by atomic mass is 16.4. The predicted octanol–water partition coefficient (Wildman–Crippen LogP) is 5.58. The minimum atomic E-state index is -1.73. The van der Waals surface area contributed by atoms with Crippen molar-refractivity contribution in [1.82, 2.24) is 0 Å². The average molecular weight is 413 g/mol. The first kappa shape index (κ1) is 28.1. The standard InChI is InChI=1S/C24H48N2O3/c1-21(2)17-13-11-9-7-5-3-4-6-8-10-12-14-18-22(27)24(26,23(28)29)19-15-16-20-25/h21H,3-20,25-26H2,1-2H3,(H,28,29)/t24-/m1/s1. The van der Waals surface area contributed by atoms with E-state index >= 15 is 0 Å². The van der Waals surface area contributed by atoms with Crippen molar-refractivity contribution < 1.29 is 14.7 Å². The fourth-order valence-electron chi connectivity index (χ4n) is 3.74. The summed E-state index contributed by atoms with van der Waals surface area (Å²) in [4.78, 5) is 23.7. The maximum atomic E-state index is 12.3. The van der Waals surface area contributed by atoms with E-state index in [4.69, 9.17) is 11.5 Å². The Kier molecular flexibility index (Phi) is 17.3. The number of hydrogen-bond donors (Lipinski definition) is 3. The van der Waals surface area contributed by atoms with Crippen LogP contribution in [0.25, 0.3) is 0 Å². The van der Waals surface area contributed by atoms with E-state index in [9.17, 15) is 14.7 Å². The molecule has 0 amide bonds. The highest BCUT2D eigenvalue weighted by molar-refractivity contribution is 6.07. The van der Waals surface area contributed by atoms with Gasteiger partial charge in [-0.15, -0.1) is 0 Å². The van der Waals surface area contributed by atoms with Gasteiger partial charge in [0.2, 0.25) is 0 Å². The van der Waals surface area contributed by atoms with Crippen molar-refractivity contribution in [3.63, 3.8) is 0 Å². The number of carboxylic acid groups (broad SMARTS) is 1. The quantitative estimate of drug-likeness (QED) is 0.168. The van der Waals surface area contributed by atoms with Crippen molar-refractivity contribution >= 4 is 11.8 Å². The second kappa shape index (κ2) is 17.9. The molecule has 1 atom stereocenters. The molecule has 5 nitrogen and oxygen atoms in total. The average Bonchev–Trinajstić information content (AvgIpc) is 2.67. The van der Waals surface area contributed by atoms with E-state index in [1.165, 1.54) is 64.2 Å². The minimum absolute atomic E-state index is 0.177. The summed E-state index contributed by atoms with van der Waals surface area (Å²) in [5.41, 5.74) is 9.60. The molecule has 29 heavy (non-hydrogen) atoms. The van der Waals surface area contributed by atoms with Gasteiger partial charge in [-0.1, -0.05) is 90.9 Å². The Morgan fingerprint density at radius 2 is 1.21 bits per heavy atom.